The number of aryl methyl sites for hydroxylation is 1. The number of nitrogens with one attached hydrogen (secondary N) is 1. The molecule has 1 aromatic heterocycles. The zero-order valence-corrected chi connectivity index (χ0v) is 13.5. The average Bonchev–Trinajstić information content (AvgIpc) is 2.90. The Morgan fingerprint density at radius 1 is 1.05 bits per heavy atom. The van der Waals surface area contributed by atoms with Crippen LogP contribution in [-0.4, -0.2) is 6.54 Å². The van der Waals surface area contributed by atoms with Gasteiger partial charge in [0.15, 0.2) is 0 Å². The van der Waals surface area contributed by atoms with Gasteiger partial charge >= 0.3 is 0 Å². The smallest absolute Gasteiger partial charge is 0.0484 e. The molecule has 2 atom stereocenters. The van der Waals surface area contributed by atoms with Gasteiger partial charge in [-0.15, -0.1) is 11.3 Å². The van der Waals surface area contributed by atoms with Gasteiger partial charge in [0.2, 0.25) is 0 Å². The first-order valence-corrected chi connectivity index (χ1v) is 8.42. The number of rotatable bonds is 7. The molecule has 2 heteroatoms. The Morgan fingerprint density at radius 3 is 2.35 bits per heavy atom. The molecular formula is C18H25NS. The van der Waals surface area contributed by atoms with E-state index in [1.165, 1.54) is 21.7 Å². The fraction of sp³-hybridized carbons (Fsp3) is 0.444. The van der Waals surface area contributed by atoms with Crippen molar-refractivity contribution in [3.8, 4) is 0 Å². The summed E-state index contributed by atoms with van der Waals surface area (Å²) in [6.07, 6.45) is 2.33. The van der Waals surface area contributed by atoms with Crippen molar-refractivity contribution in [3.05, 3.63) is 57.8 Å². The molecular weight excluding hydrogens is 262 g/mol. The molecule has 108 valence electrons. The van der Waals surface area contributed by atoms with Crippen molar-refractivity contribution in [2.24, 2.45) is 0 Å². The molecule has 1 aromatic carbocycles. The Kier molecular flexibility index (Phi) is 5.81. The van der Waals surface area contributed by atoms with Gasteiger partial charge in [-0.3, -0.25) is 0 Å². The normalized spacial score (nSPS) is 14.2. The molecule has 0 saturated heterocycles. The van der Waals surface area contributed by atoms with Crippen LogP contribution in [0.15, 0.2) is 42.5 Å². The molecule has 0 bridgehead atoms. The lowest BCUT2D eigenvalue weighted by molar-refractivity contribution is 0.441. The lowest BCUT2D eigenvalue weighted by atomic mass is 9.88. The van der Waals surface area contributed by atoms with Crippen LogP contribution in [0.3, 0.4) is 0 Å². The zero-order valence-electron chi connectivity index (χ0n) is 12.7. The lowest BCUT2D eigenvalue weighted by Gasteiger charge is -2.27. The Labute approximate surface area is 127 Å². The van der Waals surface area contributed by atoms with Crippen molar-refractivity contribution in [2.45, 2.75) is 45.6 Å². The van der Waals surface area contributed by atoms with Crippen LogP contribution in [0.4, 0.5) is 0 Å². The van der Waals surface area contributed by atoms with Crippen molar-refractivity contribution in [3.63, 3.8) is 0 Å². The second-order valence-corrected chi connectivity index (χ2v) is 6.63. The van der Waals surface area contributed by atoms with Crippen LogP contribution >= 0.6 is 11.3 Å². The quantitative estimate of drug-likeness (QED) is 0.729. The first-order chi connectivity index (χ1) is 9.76. The predicted octanol–water partition coefficient (Wildman–Crippen LogP) is 5.29. The highest BCUT2D eigenvalue weighted by Gasteiger charge is 2.23. The SMILES string of the molecule is CCCNC(c1ccc(C)s1)C(CC)c1ccccc1. The van der Waals surface area contributed by atoms with Crippen LogP contribution in [0.1, 0.15) is 54.0 Å². The van der Waals surface area contributed by atoms with E-state index in [2.05, 4.69) is 68.6 Å². The maximum atomic E-state index is 3.76. The number of thiophene rings is 1. The second kappa shape index (κ2) is 7.61. The second-order valence-electron chi connectivity index (χ2n) is 5.31. The first kappa shape index (κ1) is 15.3. The van der Waals surface area contributed by atoms with E-state index in [4.69, 9.17) is 0 Å². The van der Waals surface area contributed by atoms with Gasteiger partial charge in [-0.2, -0.15) is 0 Å². The number of hydrogen-bond donors (Lipinski definition) is 1. The van der Waals surface area contributed by atoms with Crippen molar-refractivity contribution in [1.29, 1.82) is 0 Å². The Morgan fingerprint density at radius 2 is 1.80 bits per heavy atom. The summed E-state index contributed by atoms with van der Waals surface area (Å²) in [7, 11) is 0. The summed E-state index contributed by atoms with van der Waals surface area (Å²) < 4.78 is 0. The summed E-state index contributed by atoms with van der Waals surface area (Å²) >= 11 is 1.92. The summed E-state index contributed by atoms with van der Waals surface area (Å²) in [5, 5.41) is 3.76. The van der Waals surface area contributed by atoms with Gasteiger partial charge < -0.3 is 5.32 Å². The van der Waals surface area contributed by atoms with E-state index in [0.717, 1.165) is 13.0 Å². The van der Waals surface area contributed by atoms with Crippen LogP contribution in [0, 0.1) is 6.92 Å². The standard InChI is InChI=1S/C18H25NS/c1-4-13-19-18(17-12-11-14(3)20-17)16(5-2)15-9-7-6-8-10-15/h6-12,16,18-19H,4-5,13H2,1-3H3. The van der Waals surface area contributed by atoms with Gasteiger partial charge in [0.25, 0.3) is 0 Å². The summed E-state index contributed by atoms with van der Waals surface area (Å²) in [4.78, 5) is 2.86. The minimum Gasteiger partial charge on any atom is -0.309 e. The van der Waals surface area contributed by atoms with Gasteiger partial charge in [-0.1, -0.05) is 44.2 Å². The van der Waals surface area contributed by atoms with Crippen molar-refractivity contribution >= 4 is 11.3 Å². The van der Waals surface area contributed by atoms with Crippen LogP contribution in [0.5, 0.6) is 0 Å². The minimum absolute atomic E-state index is 0.432. The van der Waals surface area contributed by atoms with E-state index in [-0.39, 0.29) is 0 Å². The van der Waals surface area contributed by atoms with Crippen molar-refractivity contribution in [2.75, 3.05) is 6.54 Å². The lowest BCUT2D eigenvalue weighted by Crippen LogP contribution is -2.27. The van der Waals surface area contributed by atoms with E-state index in [0.29, 0.717) is 12.0 Å². The average molecular weight is 287 g/mol. The molecule has 1 heterocycles. The molecule has 0 amide bonds. The number of benzene rings is 1. The molecule has 2 aromatic rings. The van der Waals surface area contributed by atoms with Crippen LogP contribution in [-0.2, 0) is 0 Å². The molecule has 2 rings (SSSR count). The van der Waals surface area contributed by atoms with Crippen LogP contribution < -0.4 is 5.32 Å². The van der Waals surface area contributed by atoms with E-state index < -0.39 is 0 Å². The maximum Gasteiger partial charge on any atom is 0.0484 e. The monoisotopic (exact) mass is 287 g/mol. The molecule has 0 aliphatic rings. The molecule has 0 radical (unpaired) electrons. The van der Waals surface area contributed by atoms with E-state index in [1.54, 1.807) is 0 Å². The van der Waals surface area contributed by atoms with Gasteiger partial charge in [-0.25, -0.2) is 0 Å². The van der Waals surface area contributed by atoms with Gasteiger partial charge in [0, 0.05) is 21.7 Å². The zero-order chi connectivity index (χ0) is 14.4. The molecule has 0 saturated carbocycles. The summed E-state index contributed by atoms with van der Waals surface area (Å²) in [6.45, 7) is 7.78. The third-order valence-electron chi connectivity index (χ3n) is 3.75. The van der Waals surface area contributed by atoms with Gasteiger partial charge in [-0.05, 0) is 44.0 Å². The Bertz CT molecular complexity index is 503. The topological polar surface area (TPSA) is 12.0 Å². The Hall–Kier alpha value is -1.12. The van der Waals surface area contributed by atoms with Crippen molar-refractivity contribution in [1.82, 2.24) is 5.32 Å². The third-order valence-corrected chi connectivity index (χ3v) is 4.84. The van der Waals surface area contributed by atoms with E-state index in [9.17, 15) is 0 Å². The maximum absolute atomic E-state index is 3.76. The molecule has 0 aliphatic carbocycles. The summed E-state index contributed by atoms with van der Waals surface area (Å²) in [6, 6.07) is 15.9. The van der Waals surface area contributed by atoms with Crippen LogP contribution in [0.2, 0.25) is 0 Å². The largest absolute Gasteiger partial charge is 0.309 e. The van der Waals surface area contributed by atoms with E-state index >= 15 is 0 Å². The molecule has 0 fully saturated rings. The number of hydrogen-bond acceptors (Lipinski definition) is 2. The molecule has 1 nitrogen and oxygen atoms in total. The third kappa shape index (κ3) is 3.71. The van der Waals surface area contributed by atoms with Gasteiger partial charge in [0.1, 0.15) is 0 Å². The highest BCUT2D eigenvalue weighted by Crippen LogP contribution is 2.36. The molecule has 0 aliphatic heterocycles. The van der Waals surface area contributed by atoms with Gasteiger partial charge in [0.05, 0.1) is 0 Å². The molecule has 20 heavy (non-hydrogen) atoms. The fourth-order valence-electron chi connectivity index (χ4n) is 2.73. The van der Waals surface area contributed by atoms with Crippen LogP contribution in [0.25, 0.3) is 0 Å². The Balaban J connectivity index is 2.28. The van der Waals surface area contributed by atoms with Crippen molar-refractivity contribution < 1.29 is 0 Å². The summed E-state index contributed by atoms with van der Waals surface area (Å²) in [5.74, 6) is 0.542. The summed E-state index contributed by atoms with van der Waals surface area (Å²) in [5.41, 5.74) is 1.44. The highest BCUT2D eigenvalue weighted by atomic mass is 32.1. The first-order valence-electron chi connectivity index (χ1n) is 7.60. The molecule has 2 unspecified atom stereocenters. The molecule has 1 N–H and O–H groups in total. The molecule has 0 spiro atoms. The predicted molar refractivity (Wildman–Crippen MR) is 89.6 cm³/mol. The highest BCUT2D eigenvalue weighted by molar-refractivity contribution is 7.12. The minimum atomic E-state index is 0.432. The van der Waals surface area contributed by atoms with E-state index in [1.807, 2.05) is 11.3 Å². The fourth-order valence-corrected chi connectivity index (χ4v) is 3.74.